The van der Waals surface area contributed by atoms with Crippen molar-refractivity contribution in [3.63, 3.8) is 0 Å². The van der Waals surface area contributed by atoms with Gasteiger partial charge in [-0.05, 0) is 36.1 Å². The summed E-state index contributed by atoms with van der Waals surface area (Å²) in [5, 5.41) is 2.75. The quantitative estimate of drug-likeness (QED) is 0.685. The van der Waals surface area contributed by atoms with Crippen molar-refractivity contribution in [1.82, 2.24) is 0 Å². The lowest BCUT2D eigenvalue weighted by molar-refractivity contribution is -0.144. The lowest BCUT2D eigenvalue weighted by Gasteiger charge is -2.16. The Balaban J connectivity index is 2.00. The van der Waals surface area contributed by atoms with Crippen molar-refractivity contribution < 1.29 is 19.1 Å². The van der Waals surface area contributed by atoms with Gasteiger partial charge in [0.2, 0.25) is 5.91 Å². The molecule has 1 amide bonds. The minimum atomic E-state index is -0.382. The minimum absolute atomic E-state index is 0.0730. The van der Waals surface area contributed by atoms with Gasteiger partial charge in [0.15, 0.2) is 12.4 Å². The first-order valence-corrected chi connectivity index (χ1v) is 7.31. The van der Waals surface area contributed by atoms with E-state index in [1.165, 1.54) is 0 Å². The van der Waals surface area contributed by atoms with Gasteiger partial charge in [-0.1, -0.05) is 20.8 Å². The van der Waals surface area contributed by atoms with Crippen LogP contribution in [-0.2, 0) is 14.3 Å². The number of ketones is 1. The van der Waals surface area contributed by atoms with Crippen LogP contribution in [0.25, 0.3) is 0 Å². The molecule has 0 fully saturated rings. The van der Waals surface area contributed by atoms with Gasteiger partial charge in [0, 0.05) is 11.3 Å². The molecule has 0 radical (unpaired) electrons. The highest BCUT2D eigenvalue weighted by Crippen LogP contribution is 2.32. The number of nitrogens with one attached hydrogen (secondary N) is 1. The van der Waals surface area contributed by atoms with E-state index in [4.69, 9.17) is 4.74 Å². The molecule has 0 spiro atoms. The highest BCUT2D eigenvalue weighted by atomic mass is 16.5. The Kier molecular flexibility index (Phi) is 4.35. The third-order valence-electron chi connectivity index (χ3n) is 3.53. The van der Waals surface area contributed by atoms with Crippen LogP contribution in [0, 0.1) is 5.41 Å². The fourth-order valence-corrected chi connectivity index (χ4v) is 2.30. The van der Waals surface area contributed by atoms with E-state index in [0.717, 1.165) is 11.3 Å². The number of esters is 1. The maximum absolute atomic E-state index is 12.1. The summed E-state index contributed by atoms with van der Waals surface area (Å²) in [6, 6.07) is 5.04. The molecule has 1 heterocycles. The summed E-state index contributed by atoms with van der Waals surface area (Å²) < 4.78 is 5.03. The van der Waals surface area contributed by atoms with Crippen LogP contribution in [0.15, 0.2) is 18.2 Å². The Hall–Kier alpha value is -2.17. The van der Waals surface area contributed by atoms with E-state index in [0.29, 0.717) is 5.56 Å². The second-order valence-corrected chi connectivity index (χ2v) is 6.83. The molecule has 1 atom stereocenters. The second kappa shape index (κ2) is 5.91. The van der Waals surface area contributed by atoms with E-state index in [1.807, 2.05) is 20.8 Å². The smallest absolute Gasteiger partial charge is 0.306 e. The number of Topliss-reactive ketones (excluding diaryl/α,β-unsaturated/α-hetero) is 1. The van der Waals surface area contributed by atoms with Gasteiger partial charge in [-0.15, -0.1) is 0 Å². The topological polar surface area (TPSA) is 72.5 Å². The predicted molar refractivity (Wildman–Crippen MR) is 82.8 cm³/mol. The van der Waals surface area contributed by atoms with Gasteiger partial charge in [-0.25, -0.2) is 0 Å². The Morgan fingerprint density at radius 1 is 1.27 bits per heavy atom. The molecular formula is C17H21NO4. The molecule has 118 valence electrons. The summed E-state index contributed by atoms with van der Waals surface area (Å²) in [4.78, 5) is 35.4. The van der Waals surface area contributed by atoms with Crippen LogP contribution in [0.3, 0.4) is 0 Å². The van der Waals surface area contributed by atoms with Gasteiger partial charge in [0.25, 0.3) is 0 Å². The maximum atomic E-state index is 12.1. The summed E-state index contributed by atoms with van der Waals surface area (Å²) in [7, 11) is 0. The summed E-state index contributed by atoms with van der Waals surface area (Å²) >= 11 is 0. The molecule has 1 aliphatic heterocycles. The third-order valence-corrected chi connectivity index (χ3v) is 3.53. The van der Waals surface area contributed by atoms with Gasteiger partial charge >= 0.3 is 5.97 Å². The van der Waals surface area contributed by atoms with E-state index in [2.05, 4.69) is 5.32 Å². The fourth-order valence-electron chi connectivity index (χ4n) is 2.30. The van der Waals surface area contributed by atoms with Crippen molar-refractivity contribution in [3.05, 3.63) is 29.3 Å². The average Bonchev–Trinajstić information content (AvgIpc) is 2.69. The number of hydrogen-bond acceptors (Lipinski definition) is 4. The Labute approximate surface area is 130 Å². The molecule has 22 heavy (non-hydrogen) atoms. The van der Waals surface area contributed by atoms with Crippen LogP contribution in [0.1, 0.15) is 56.0 Å². The number of rotatable bonds is 4. The lowest BCUT2D eigenvalue weighted by Crippen LogP contribution is -2.19. The first kappa shape index (κ1) is 16.2. The minimum Gasteiger partial charge on any atom is -0.457 e. The summed E-state index contributed by atoms with van der Waals surface area (Å²) in [6.45, 7) is 7.31. The molecule has 1 aromatic rings. The van der Waals surface area contributed by atoms with Gasteiger partial charge < -0.3 is 10.1 Å². The highest BCUT2D eigenvalue weighted by Gasteiger charge is 2.27. The number of benzene rings is 1. The number of hydrogen-bond donors (Lipinski definition) is 1. The van der Waals surface area contributed by atoms with Crippen molar-refractivity contribution in [2.45, 2.75) is 40.0 Å². The van der Waals surface area contributed by atoms with Crippen LogP contribution in [0.4, 0.5) is 5.69 Å². The molecule has 1 aromatic carbocycles. The van der Waals surface area contributed by atoms with Crippen molar-refractivity contribution >= 4 is 23.3 Å². The molecule has 0 unspecified atom stereocenters. The molecule has 5 nitrogen and oxygen atoms in total. The zero-order valence-corrected chi connectivity index (χ0v) is 13.4. The molecule has 0 bridgehead atoms. The maximum Gasteiger partial charge on any atom is 0.306 e. The standard InChI is InChI=1S/C17H21NO4/c1-10-12-7-11(5-6-13(12)18-16(10)21)14(19)9-22-15(20)8-17(2,3)4/h5-7,10H,8-9H2,1-4H3,(H,18,21)/t10-/m0/s1. The molecule has 1 N–H and O–H groups in total. The van der Waals surface area contributed by atoms with Crippen molar-refractivity contribution in [1.29, 1.82) is 0 Å². The van der Waals surface area contributed by atoms with E-state index in [9.17, 15) is 14.4 Å². The normalized spacial score (nSPS) is 16.9. The first-order chi connectivity index (χ1) is 10.2. The predicted octanol–water partition coefficient (Wildman–Crippen LogP) is 2.90. The largest absolute Gasteiger partial charge is 0.457 e. The first-order valence-electron chi connectivity index (χ1n) is 7.31. The zero-order chi connectivity index (χ0) is 16.5. The van der Waals surface area contributed by atoms with Gasteiger partial charge in [-0.3, -0.25) is 14.4 Å². The molecule has 0 aliphatic carbocycles. The van der Waals surface area contributed by atoms with Crippen LogP contribution in [0.5, 0.6) is 0 Å². The number of carbonyl (C=O) groups is 3. The molecule has 0 saturated heterocycles. The Morgan fingerprint density at radius 2 is 1.95 bits per heavy atom. The average molecular weight is 303 g/mol. The van der Waals surface area contributed by atoms with Crippen LogP contribution in [-0.4, -0.2) is 24.3 Å². The third kappa shape index (κ3) is 3.72. The van der Waals surface area contributed by atoms with Crippen molar-refractivity contribution in [2.75, 3.05) is 11.9 Å². The molecule has 5 heteroatoms. The van der Waals surface area contributed by atoms with Gasteiger partial charge in [0.05, 0.1) is 12.3 Å². The number of carbonyl (C=O) groups excluding carboxylic acids is 3. The number of anilines is 1. The lowest BCUT2D eigenvalue weighted by atomic mass is 9.92. The van der Waals surface area contributed by atoms with Gasteiger partial charge in [-0.2, -0.15) is 0 Å². The summed E-state index contributed by atoms with van der Waals surface area (Å²) in [6.07, 6.45) is 0.264. The Bertz CT molecular complexity index is 628. The molecule has 2 rings (SSSR count). The van der Waals surface area contributed by atoms with Crippen LogP contribution in [0.2, 0.25) is 0 Å². The van der Waals surface area contributed by atoms with E-state index in [-0.39, 0.29) is 42.0 Å². The van der Waals surface area contributed by atoms with E-state index < -0.39 is 0 Å². The van der Waals surface area contributed by atoms with Crippen LogP contribution >= 0.6 is 0 Å². The fraction of sp³-hybridized carbons (Fsp3) is 0.471. The summed E-state index contributed by atoms with van der Waals surface area (Å²) in [5.74, 6) is -0.994. The second-order valence-electron chi connectivity index (χ2n) is 6.83. The van der Waals surface area contributed by atoms with E-state index >= 15 is 0 Å². The van der Waals surface area contributed by atoms with Crippen molar-refractivity contribution in [3.8, 4) is 0 Å². The molecule has 0 aromatic heterocycles. The number of ether oxygens (including phenoxy) is 1. The molecular weight excluding hydrogens is 282 g/mol. The molecule has 0 saturated carbocycles. The van der Waals surface area contributed by atoms with Crippen molar-refractivity contribution in [2.24, 2.45) is 5.41 Å². The molecule has 1 aliphatic rings. The summed E-state index contributed by atoms with van der Waals surface area (Å²) in [5.41, 5.74) is 1.82. The SMILES string of the molecule is C[C@@H]1C(=O)Nc2ccc(C(=O)COC(=O)CC(C)(C)C)cc21. The van der Waals surface area contributed by atoms with Gasteiger partial charge in [0.1, 0.15) is 0 Å². The zero-order valence-electron chi connectivity index (χ0n) is 13.4. The number of amides is 1. The Morgan fingerprint density at radius 3 is 2.59 bits per heavy atom. The monoisotopic (exact) mass is 303 g/mol. The number of fused-ring (bicyclic) bond motifs is 1. The highest BCUT2D eigenvalue weighted by molar-refractivity contribution is 6.05. The van der Waals surface area contributed by atoms with E-state index in [1.54, 1.807) is 25.1 Å². The van der Waals surface area contributed by atoms with Crippen LogP contribution < -0.4 is 5.32 Å².